The molecule has 0 aliphatic carbocycles. The monoisotopic (exact) mass is 497 g/mol. The number of aliphatic carboxylic acids is 1. The third-order valence-electron chi connectivity index (χ3n) is 5.94. The van der Waals surface area contributed by atoms with Gasteiger partial charge in [-0.2, -0.15) is 4.58 Å². The Morgan fingerprint density at radius 1 is 1.06 bits per heavy atom. The maximum atomic E-state index is 11.6. The van der Waals surface area contributed by atoms with Crippen molar-refractivity contribution in [1.82, 2.24) is 0 Å². The van der Waals surface area contributed by atoms with Crippen LogP contribution in [-0.4, -0.2) is 59.6 Å². The number of rotatable bonds is 12. The third-order valence-corrected chi connectivity index (χ3v) is 7.56. The fourth-order valence-electron chi connectivity index (χ4n) is 4.11. The minimum absolute atomic E-state index is 0. The molecule has 1 aromatic rings. The van der Waals surface area contributed by atoms with Crippen LogP contribution >= 0.6 is 0 Å². The molecule has 1 aromatic carbocycles. The molecule has 0 saturated heterocycles. The summed E-state index contributed by atoms with van der Waals surface area (Å²) in [6, 6.07) is 4.26. The second kappa shape index (κ2) is 11.5. The average Bonchev–Trinajstić information content (AvgIpc) is 2.84. The van der Waals surface area contributed by atoms with Crippen LogP contribution in [0.25, 0.3) is 0 Å². The molecule has 1 aliphatic rings. The Morgan fingerprint density at radius 3 is 2.28 bits per heavy atom. The molecule has 174 valence electrons. The molecule has 1 atom stereocenters. The minimum atomic E-state index is -4.63. The number of carboxylic acid groups (broad SMARTS) is 1. The van der Waals surface area contributed by atoms with Crippen molar-refractivity contribution >= 4 is 37.6 Å². The first kappa shape index (κ1) is 29.2. The van der Waals surface area contributed by atoms with E-state index in [1.165, 1.54) is 12.1 Å². The molecule has 9 nitrogen and oxygen atoms in total. The normalized spacial score (nSPS) is 18.4. The molecule has 0 aromatic heterocycles. The van der Waals surface area contributed by atoms with Gasteiger partial charge in [0.2, 0.25) is 5.69 Å². The fraction of sp³-hybridized carbons (Fsp3) is 0.600. The van der Waals surface area contributed by atoms with Crippen LogP contribution in [0.4, 0.5) is 5.69 Å². The first-order valence-corrected chi connectivity index (χ1v) is 13.1. The van der Waals surface area contributed by atoms with Crippen LogP contribution in [0.2, 0.25) is 0 Å². The number of carbonyl (C=O) groups is 1. The van der Waals surface area contributed by atoms with Crippen LogP contribution in [0, 0.1) is 0 Å². The van der Waals surface area contributed by atoms with E-state index in [0.717, 1.165) is 17.8 Å². The second-order valence-corrected chi connectivity index (χ2v) is 11.0. The Kier molecular flexibility index (Phi) is 10.5. The van der Waals surface area contributed by atoms with Gasteiger partial charge in [-0.3, -0.25) is 4.79 Å². The number of unbranched alkanes of at least 4 members (excludes halogenated alkanes) is 3. The summed E-state index contributed by atoms with van der Waals surface area (Å²) in [5.41, 5.74) is 1.84. The third kappa shape index (κ3) is 7.61. The zero-order chi connectivity index (χ0) is 23.4. The molecular weight excluding hydrogens is 469 g/mol. The zero-order valence-corrected chi connectivity index (χ0v) is 22.3. The van der Waals surface area contributed by atoms with E-state index in [1.54, 1.807) is 6.07 Å². The molecule has 1 heterocycles. The van der Waals surface area contributed by atoms with Gasteiger partial charge in [-0.25, -0.2) is 16.8 Å². The first-order chi connectivity index (χ1) is 14.3. The Hall–Kier alpha value is -0.820. The molecule has 0 bridgehead atoms. The van der Waals surface area contributed by atoms with Gasteiger partial charge in [-0.1, -0.05) is 12.8 Å². The van der Waals surface area contributed by atoms with Crippen molar-refractivity contribution in [3.63, 3.8) is 0 Å². The summed E-state index contributed by atoms with van der Waals surface area (Å²) in [5, 5.41) is 8.79. The van der Waals surface area contributed by atoms with E-state index in [2.05, 4.69) is 0 Å². The molecule has 1 N–H and O–H groups in total. The predicted molar refractivity (Wildman–Crippen MR) is 112 cm³/mol. The summed E-state index contributed by atoms with van der Waals surface area (Å²) in [4.78, 5) is 10.4. The Bertz CT molecular complexity index is 1080. The minimum Gasteiger partial charge on any atom is -0.748 e. The summed E-state index contributed by atoms with van der Waals surface area (Å²) in [7, 11) is -8.91. The SMILES string of the molecule is CC1=[N+](CCCCS(=O)(=O)[O-])c2ccc(S(=O)(=O)[O-])cc2C1(C)CCCCCC(=O)O.[Na+]. The molecule has 0 saturated carbocycles. The molecule has 1 aliphatic heterocycles. The number of hydrogen-bond donors (Lipinski definition) is 1. The number of benzene rings is 1. The van der Waals surface area contributed by atoms with Gasteiger partial charge in [0, 0.05) is 37.1 Å². The van der Waals surface area contributed by atoms with Gasteiger partial charge in [0.05, 0.1) is 20.4 Å². The van der Waals surface area contributed by atoms with Crippen LogP contribution < -0.4 is 29.6 Å². The van der Waals surface area contributed by atoms with Crippen LogP contribution in [0.1, 0.15) is 64.4 Å². The van der Waals surface area contributed by atoms with Gasteiger partial charge in [-0.05, 0) is 38.3 Å². The van der Waals surface area contributed by atoms with Gasteiger partial charge in [0.15, 0.2) is 5.71 Å². The molecular formula is C20H28NNaO8S2. The molecule has 12 heteroatoms. The maximum Gasteiger partial charge on any atom is 1.00 e. The average molecular weight is 498 g/mol. The van der Waals surface area contributed by atoms with Crippen LogP contribution in [0.5, 0.6) is 0 Å². The zero-order valence-electron chi connectivity index (χ0n) is 18.7. The van der Waals surface area contributed by atoms with E-state index < -0.39 is 37.4 Å². The number of carboxylic acids is 1. The van der Waals surface area contributed by atoms with Crippen molar-refractivity contribution < 1.29 is 70.0 Å². The van der Waals surface area contributed by atoms with Crippen molar-refractivity contribution in [2.24, 2.45) is 0 Å². The van der Waals surface area contributed by atoms with Crippen molar-refractivity contribution in [3.8, 4) is 0 Å². The predicted octanol–water partition coefficient (Wildman–Crippen LogP) is -0.669. The molecule has 2 rings (SSSR count). The van der Waals surface area contributed by atoms with E-state index in [-0.39, 0.29) is 47.3 Å². The van der Waals surface area contributed by atoms with Crippen molar-refractivity contribution in [2.45, 2.75) is 69.1 Å². The van der Waals surface area contributed by atoms with Crippen molar-refractivity contribution in [3.05, 3.63) is 23.8 Å². The summed E-state index contributed by atoms with van der Waals surface area (Å²) >= 11 is 0. The Labute approximate surface area is 211 Å². The number of nitrogens with zero attached hydrogens (tertiary/aromatic N) is 1. The van der Waals surface area contributed by atoms with E-state index in [0.29, 0.717) is 37.8 Å². The van der Waals surface area contributed by atoms with Gasteiger partial charge in [0.25, 0.3) is 0 Å². The largest absolute Gasteiger partial charge is 1.00 e. The van der Waals surface area contributed by atoms with Gasteiger partial charge < -0.3 is 14.2 Å². The summed E-state index contributed by atoms with van der Waals surface area (Å²) < 4.78 is 69.2. The summed E-state index contributed by atoms with van der Waals surface area (Å²) in [6.07, 6.45) is 3.35. The Balaban J connectivity index is 0.00000512. The number of fused-ring (bicyclic) bond motifs is 1. The molecule has 0 spiro atoms. The number of hydrogen-bond acceptors (Lipinski definition) is 7. The molecule has 0 fully saturated rings. The van der Waals surface area contributed by atoms with E-state index in [9.17, 15) is 30.7 Å². The molecule has 1 unspecified atom stereocenters. The van der Waals surface area contributed by atoms with Crippen LogP contribution in [0.3, 0.4) is 0 Å². The van der Waals surface area contributed by atoms with Gasteiger partial charge in [-0.15, -0.1) is 0 Å². The van der Waals surface area contributed by atoms with Gasteiger partial charge in [0.1, 0.15) is 16.7 Å². The fourth-order valence-corrected chi connectivity index (χ4v) is 5.16. The molecule has 0 amide bonds. The van der Waals surface area contributed by atoms with Crippen molar-refractivity contribution in [1.29, 1.82) is 0 Å². The summed E-state index contributed by atoms with van der Waals surface area (Å²) in [5.74, 6) is -1.29. The van der Waals surface area contributed by atoms with E-state index in [1.807, 2.05) is 18.4 Å². The molecule has 0 radical (unpaired) electrons. The summed E-state index contributed by atoms with van der Waals surface area (Å²) in [6.45, 7) is 4.32. The Morgan fingerprint density at radius 2 is 1.72 bits per heavy atom. The maximum absolute atomic E-state index is 11.6. The van der Waals surface area contributed by atoms with Crippen LogP contribution in [-0.2, 0) is 30.4 Å². The first-order valence-electron chi connectivity index (χ1n) is 10.1. The van der Waals surface area contributed by atoms with Gasteiger partial charge >= 0.3 is 35.5 Å². The van der Waals surface area contributed by atoms with E-state index >= 15 is 0 Å². The molecule has 32 heavy (non-hydrogen) atoms. The van der Waals surface area contributed by atoms with Crippen molar-refractivity contribution in [2.75, 3.05) is 12.3 Å². The van der Waals surface area contributed by atoms with Crippen LogP contribution in [0.15, 0.2) is 23.1 Å². The standard InChI is InChI=1S/C20H29NO8S2.Na/c1-15-20(2,11-5-3-4-8-19(22)23)17-14-16(31(27,28)29)9-10-18(17)21(15)12-6-7-13-30(24,25)26;/h9-10,14H,3-8,11-13H2,1-2H3,(H2-,22,23,24,25,26,27,28,29);/q;+1/p-1. The quantitative estimate of drug-likeness (QED) is 0.173. The van der Waals surface area contributed by atoms with E-state index in [4.69, 9.17) is 5.11 Å². The topological polar surface area (TPSA) is 155 Å². The second-order valence-electron chi connectivity index (χ2n) is 8.13. The smallest absolute Gasteiger partial charge is 0.748 e.